The lowest BCUT2D eigenvalue weighted by atomic mass is 9.98. The second-order valence-corrected chi connectivity index (χ2v) is 7.51. The van der Waals surface area contributed by atoms with Crippen molar-refractivity contribution in [1.29, 1.82) is 0 Å². The Bertz CT molecular complexity index is 1380. The van der Waals surface area contributed by atoms with Gasteiger partial charge in [0.15, 0.2) is 13.5 Å². The largest absolute Gasteiger partial charge is 0.481 e. The zero-order valence-electron chi connectivity index (χ0n) is 18.8. The molecule has 4 aromatic rings. The number of allylic oxidation sites excluding steroid dienone is 3. The van der Waals surface area contributed by atoms with Gasteiger partial charge in [0.25, 0.3) is 0 Å². The Labute approximate surface area is 197 Å². The molecule has 0 saturated carbocycles. The maximum Gasteiger partial charge on any atom is 0.307 e. The number of fused-ring (bicyclic) bond motifs is 1. The number of carboxylic acids is 1. The van der Waals surface area contributed by atoms with Gasteiger partial charge in [0, 0.05) is 47.2 Å². The Morgan fingerprint density at radius 3 is 2.76 bits per heavy atom. The monoisotopic (exact) mass is 454 g/mol. The van der Waals surface area contributed by atoms with Crippen molar-refractivity contribution in [3.05, 3.63) is 73.0 Å². The maximum absolute atomic E-state index is 10.7. The first-order valence-corrected chi connectivity index (χ1v) is 10.7. The number of nitrogen functional groups attached to an aromatic ring is 1. The Morgan fingerprint density at radius 2 is 2.09 bits per heavy atom. The number of pyridine rings is 2. The molecule has 3 N–H and O–H groups in total. The van der Waals surface area contributed by atoms with Crippen LogP contribution in [0.15, 0.2) is 73.0 Å². The second-order valence-electron chi connectivity index (χ2n) is 7.51. The number of carbonyl (C=O) groups is 1. The molecule has 0 aliphatic heterocycles. The SMILES string of the molecule is Bc1c(O/C(=C/C=C/CC(=O)O)CC)nc2c(-c3ccc(-c4cccnc4)nc3)cnn2c1N. The molecule has 0 aliphatic rings. The first-order chi connectivity index (χ1) is 16.5. The summed E-state index contributed by atoms with van der Waals surface area (Å²) >= 11 is 0. The number of aromatic nitrogens is 5. The molecule has 0 unspecified atom stereocenters. The molecule has 0 aliphatic carbocycles. The molecular formula is C24H23BN6O3. The van der Waals surface area contributed by atoms with Gasteiger partial charge in [-0.1, -0.05) is 25.1 Å². The Kier molecular flexibility index (Phi) is 6.68. The van der Waals surface area contributed by atoms with E-state index in [2.05, 4.69) is 15.1 Å². The minimum atomic E-state index is -0.893. The van der Waals surface area contributed by atoms with Crippen molar-refractivity contribution in [1.82, 2.24) is 24.6 Å². The molecule has 4 aromatic heterocycles. The van der Waals surface area contributed by atoms with Crippen molar-refractivity contribution in [2.45, 2.75) is 19.8 Å². The molecule has 0 atom stereocenters. The van der Waals surface area contributed by atoms with E-state index in [0.29, 0.717) is 35.0 Å². The van der Waals surface area contributed by atoms with Crippen LogP contribution in [0.2, 0.25) is 0 Å². The van der Waals surface area contributed by atoms with Crippen LogP contribution in [0, 0.1) is 0 Å². The molecule has 0 fully saturated rings. The molecule has 0 radical (unpaired) electrons. The van der Waals surface area contributed by atoms with Crippen LogP contribution < -0.4 is 15.9 Å². The highest BCUT2D eigenvalue weighted by molar-refractivity contribution is 6.37. The summed E-state index contributed by atoms with van der Waals surface area (Å²) in [5.41, 5.74) is 10.9. The van der Waals surface area contributed by atoms with Gasteiger partial charge in [-0.25, -0.2) is 0 Å². The summed E-state index contributed by atoms with van der Waals surface area (Å²) in [6.07, 6.45) is 12.4. The fraction of sp³-hybridized carbons (Fsp3) is 0.125. The van der Waals surface area contributed by atoms with Crippen LogP contribution in [0.25, 0.3) is 28.0 Å². The van der Waals surface area contributed by atoms with Gasteiger partial charge in [-0.3, -0.25) is 14.8 Å². The average Bonchev–Trinajstić information content (AvgIpc) is 3.28. The van der Waals surface area contributed by atoms with Crippen molar-refractivity contribution < 1.29 is 14.6 Å². The number of anilines is 1. The number of aliphatic carboxylic acids is 1. The zero-order valence-corrected chi connectivity index (χ0v) is 18.8. The predicted octanol–water partition coefficient (Wildman–Crippen LogP) is 2.40. The topological polar surface area (TPSA) is 129 Å². The molecule has 0 aromatic carbocycles. The lowest BCUT2D eigenvalue weighted by Gasteiger charge is -2.13. The first-order valence-electron chi connectivity index (χ1n) is 10.7. The summed E-state index contributed by atoms with van der Waals surface area (Å²) < 4.78 is 7.61. The number of rotatable bonds is 8. The van der Waals surface area contributed by atoms with Gasteiger partial charge in [0.05, 0.1) is 18.3 Å². The molecule has 0 bridgehead atoms. The minimum absolute atomic E-state index is 0.0591. The predicted molar refractivity (Wildman–Crippen MR) is 132 cm³/mol. The molecule has 4 rings (SSSR count). The van der Waals surface area contributed by atoms with E-state index in [4.69, 9.17) is 20.6 Å². The Morgan fingerprint density at radius 1 is 1.24 bits per heavy atom. The van der Waals surface area contributed by atoms with E-state index < -0.39 is 5.97 Å². The van der Waals surface area contributed by atoms with Gasteiger partial charge in [-0.2, -0.15) is 14.6 Å². The van der Waals surface area contributed by atoms with Crippen LogP contribution in [-0.4, -0.2) is 43.5 Å². The molecule has 10 heteroatoms. The molecule has 34 heavy (non-hydrogen) atoms. The Hall–Kier alpha value is -4.47. The van der Waals surface area contributed by atoms with Crippen molar-refractivity contribution in [3.63, 3.8) is 0 Å². The fourth-order valence-electron chi connectivity index (χ4n) is 3.31. The number of hydrogen-bond acceptors (Lipinski definition) is 7. The maximum atomic E-state index is 10.7. The van der Waals surface area contributed by atoms with Crippen molar-refractivity contribution in [3.8, 4) is 28.3 Å². The van der Waals surface area contributed by atoms with E-state index >= 15 is 0 Å². The highest BCUT2D eigenvalue weighted by Crippen LogP contribution is 2.27. The molecule has 0 amide bonds. The minimum Gasteiger partial charge on any atom is -0.481 e. The lowest BCUT2D eigenvalue weighted by molar-refractivity contribution is -0.136. The van der Waals surface area contributed by atoms with Crippen LogP contribution in [-0.2, 0) is 4.79 Å². The molecule has 9 nitrogen and oxygen atoms in total. The van der Waals surface area contributed by atoms with Crippen LogP contribution in [0.5, 0.6) is 5.88 Å². The normalized spacial score (nSPS) is 11.9. The summed E-state index contributed by atoms with van der Waals surface area (Å²) in [6, 6.07) is 7.70. The molecule has 0 saturated heterocycles. The third-order valence-electron chi connectivity index (χ3n) is 5.20. The summed E-state index contributed by atoms with van der Waals surface area (Å²) in [5.74, 6) is 0.523. The highest BCUT2D eigenvalue weighted by atomic mass is 16.5. The lowest BCUT2D eigenvalue weighted by Crippen LogP contribution is -2.20. The Balaban J connectivity index is 1.67. The van der Waals surface area contributed by atoms with E-state index in [1.165, 1.54) is 0 Å². The number of carboxylic acid groups (broad SMARTS) is 1. The third-order valence-corrected chi connectivity index (χ3v) is 5.20. The van der Waals surface area contributed by atoms with Gasteiger partial charge in [0.1, 0.15) is 11.6 Å². The standard InChI is InChI=1S/C24H23BN6O3/c1-2-17(7-3-4-8-20(32)33)34-24-21(25)22(26)31-23(30-24)18(14-29-31)15-9-10-19(28-13-15)16-6-5-11-27-12-16/h3-7,9-14H,2,8,25-26H2,1H3,(H,32,33)/b4-3+,17-7+. The zero-order chi connectivity index (χ0) is 24.1. The second kappa shape index (κ2) is 9.99. The quantitative estimate of drug-likeness (QED) is 0.236. The highest BCUT2D eigenvalue weighted by Gasteiger charge is 2.17. The van der Waals surface area contributed by atoms with E-state index in [1.54, 1.807) is 47.5 Å². The van der Waals surface area contributed by atoms with Crippen LogP contribution in [0.1, 0.15) is 19.8 Å². The van der Waals surface area contributed by atoms with Gasteiger partial charge < -0.3 is 15.6 Å². The number of nitrogens with zero attached hydrogens (tertiary/aromatic N) is 5. The first kappa shape index (κ1) is 22.7. The average molecular weight is 454 g/mol. The summed E-state index contributed by atoms with van der Waals surface area (Å²) in [6.45, 7) is 1.94. The van der Waals surface area contributed by atoms with Gasteiger partial charge >= 0.3 is 5.97 Å². The van der Waals surface area contributed by atoms with E-state index in [-0.39, 0.29) is 6.42 Å². The van der Waals surface area contributed by atoms with Crippen molar-refractivity contribution in [2.24, 2.45) is 0 Å². The van der Waals surface area contributed by atoms with E-state index in [1.807, 2.05) is 39.0 Å². The number of nitrogens with two attached hydrogens (primary N) is 1. The van der Waals surface area contributed by atoms with Crippen LogP contribution >= 0.6 is 0 Å². The van der Waals surface area contributed by atoms with Crippen molar-refractivity contribution in [2.75, 3.05) is 5.73 Å². The fourth-order valence-corrected chi connectivity index (χ4v) is 3.31. The van der Waals surface area contributed by atoms with Gasteiger partial charge in [-0.05, 0) is 24.3 Å². The van der Waals surface area contributed by atoms with Crippen LogP contribution in [0.3, 0.4) is 0 Å². The van der Waals surface area contributed by atoms with Gasteiger partial charge in [-0.15, -0.1) is 0 Å². The van der Waals surface area contributed by atoms with Crippen LogP contribution in [0.4, 0.5) is 5.82 Å². The molecule has 4 heterocycles. The summed E-state index contributed by atoms with van der Waals surface area (Å²) in [7, 11) is 1.82. The summed E-state index contributed by atoms with van der Waals surface area (Å²) in [5, 5.41) is 13.2. The smallest absolute Gasteiger partial charge is 0.307 e. The van der Waals surface area contributed by atoms with Crippen molar-refractivity contribution >= 4 is 30.7 Å². The third kappa shape index (κ3) is 4.80. The molecule has 170 valence electrons. The number of hydrogen-bond donors (Lipinski definition) is 2. The van der Waals surface area contributed by atoms with E-state index in [0.717, 1.165) is 22.4 Å². The summed E-state index contributed by atoms with van der Waals surface area (Å²) in [4.78, 5) is 24.1. The molecule has 0 spiro atoms. The number of ether oxygens (including phenoxy) is 1. The molecular weight excluding hydrogens is 431 g/mol. The van der Waals surface area contributed by atoms with Gasteiger partial charge in [0.2, 0.25) is 5.88 Å². The van der Waals surface area contributed by atoms with E-state index in [9.17, 15) is 4.79 Å².